The van der Waals surface area contributed by atoms with Crippen LogP contribution in [0.4, 0.5) is 8.78 Å². The Kier molecular flexibility index (Phi) is 2.54. The molecular weight excluding hydrogens is 188 g/mol. The van der Waals surface area contributed by atoms with Gasteiger partial charge in [0.1, 0.15) is 6.07 Å². The number of rotatable bonds is 2. The molecule has 1 atom stereocenters. The summed E-state index contributed by atoms with van der Waals surface area (Å²) >= 11 is 0. The van der Waals surface area contributed by atoms with Crippen LogP contribution in [0.15, 0.2) is 30.3 Å². The van der Waals surface area contributed by atoms with Gasteiger partial charge in [0.05, 0.1) is 0 Å². The first-order valence-electron chi connectivity index (χ1n) is 3.99. The molecule has 0 amide bonds. The third-order valence-corrected chi connectivity index (χ3v) is 1.97. The molecule has 0 radical (unpaired) electrons. The first-order chi connectivity index (χ1) is 6.42. The second-order valence-corrected chi connectivity index (χ2v) is 3.12. The molecule has 0 aromatic heterocycles. The van der Waals surface area contributed by atoms with Gasteiger partial charge in [-0.1, -0.05) is 30.3 Å². The fraction of sp³-hybridized carbons (Fsp3) is 0.300. The zero-order valence-electron chi connectivity index (χ0n) is 7.54. The number of alkyl halides is 2. The van der Waals surface area contributed by atoms with Crippen molar-refractivity contribution in [2.24, 2.45) is 0 Å². The van der Waals surface area contributed by atoms with Crippen LogP contribution in [0.3, 0.4) is 0 Å². The van der Waals surface area contributed by atoms with Gasteiger partial charge in [0, 0.05) is 5.56 Å². The van der Waals surface area contributed by atoms with Crippen LogP contribution in [0, 0.1) is 11.3 Å². The van der Waals surface area contributed by atoms with Crippen molar-refractivity contribution in [3.8, 4) is 6.07 Å². The smallest absolute Gasteiger partial charge is 0.314 e. The maximum Gasteiger partial charge on any atom is 0.314 e. The predicted octanol–water partition coefficient (Wildman–Crippen LogP) is 2.05. The molecule has 0 saturated carbocycles. The minimum atomic E-state index is -3.57. The van der Waals surface area contributed by atoms with Gasteiger partial charge < -0.3 is 5.11 Å². The Morgan fingerprint density at radius 2 is 1.79 bits per heavy atom. The molecule has 1 aromatic rings. The van der Waals surface area contributed by atoms with E-state index in [4.69, 9.17) is 5.26 Å². The van der Waals surface area contributed by atoms with E-state index >= 15 is 0 Å². The SMILES string of the molecule is CC(O)(C#N)C(F)(F)c1ccccc1. The van der Waals surface area contributed by atoms with Crippen molar-refractivity contribution in [1.29, 1.82) is 5.26 Å². The van der Waals surface area contributed by atoms with Crippen LogP contribution in [-0.4, -0.2) is 10.7 Å². The lowest BCUT2D eigenvalue weighted by Gasteiger charge is -2.26. The lowest BCUT2D eigenvalue weighted by molar-refractivity contribution is -0.147. The quantitative estimate of drug-likeness (QED) is 0.737. The second kappa shape index (κ2) is 3.35. The van der Waals surface area contributed by atoms with Gasteiger partial charge in [0.15, 0.2) is 0 Å². The highest BCUT2D eigenvalue weighted by Crippen LogP contribution is 2.38. The summed E-state index contributed by atoms with van der Waals surface area (Å²) < 4.78 is 26.9. The van der Waals surface area contributed by atoms with Crippen LogP contribution in [0.2, 0.25) is 0 Å². The molecule has 1 aromatic carbocycles. The molecule has 0 heterocycles. The van der Waals surface area contributed by atoms with Gasteiger partial charge in [-0.05, 0) is 6.92 Å². The predicted molar refractivity (Wildman–Crippen MR) is 46.6 cm³/mol. The summed E-state index contributed by atoms with van der Waals surface area (Å²) in [6.45, 7) is 0.792. The van der Waals surface area contributed by atoms with Crippen LogP contribution in [0.5, 0.6) is 0 Å². The number of nitrogens with zero attached hydrogens (tertiary/aromatic N) is 1. The zero-order valence-corrected chi connectivity index (χ0v) is 7.54. The second-order valence-electron chi connectivity index (χ2n) is 3.12. The summed E-state index contributed by atoms with van der Waals surface area (Å²) in [6, 6.07) is 7.97. The highest BCUT2D eigenvalue weighted by molar-refractivity contribution is 5.26. The lowest BCUT2D eigenvalue weighted by atomic mass is 9.93. The summed E-state index contributed by atoms with van der Waals surface area (Å²) in [6.07, 6.45) is 0. The third kappa shape index (κ3) is 1.59. The molecule has 0 bridgehead atoms. The average Bonchev–Trinajstić information content (AvgIpc) is 2.19. The molecule has 1 N–H and O–H groups in total. The minimum absolute atomic E-state index is 0.369. The molecule has 0 fully saturated rings. The monoisotopic (exact) mass is 197 g/mol. The Morgan fingerprint density at radius 1 is 1.29 bits per heavy atom. The number of hydrogen-bond donors (Lipinski definition) is 1. The van der Waals surface area contributed by atoms with E-state index in [0.717, 1.165) is 6.92 Å². The Balaban J connectivity index is 3.16. The highest BCUT2D eigenvalue weighted by Gasteiger charge is 2.50. The summed E-state index contributed by atoms with van der Waals surface area (Å²) in [5.41, 5.74) is -3.06. The van der Waals surface area contributed by atoms with Crippen LogP contribution >= 0.6 is 0 Å². The molecule has 2 nitrogen and oxygen atoms in total. The van der Waals surface area contributed by atoms with E-state index in [-0.39, 0.29) is 5.56 Å². The third-order valence-electron chi connectivity index (χ3n) is 1.97. The van der Waals surface area contributed by atoms with Crippen LogP contribution < -0.4 is 0 Å². The van der Waals surface area contributed by atoms with E-state index < -0.39 is 11.5 Å². The van der Waals surface area contributed by atoms with E-state index in [9.17, 15) is 13.9 Å². The molecule has 14 heavy (non-hydrogen) atoms. The normalized spacial score (nSPS) is 15.6. The van der Waals surface area contributed by atoms with Crippen molar-refractivity contribution in [3.05, 3.63) is 35.9 Å². The van der Waals surface area contributed by atoms with E-state index in [2.05, 4.69) is 0 Å². The molecule has 0 aliphatic heterocycles. The number of halogens is 2. The van der Waals surface area contributed by atoms with Crippen LogP contribution in [0.25, 0.3) is 0 Å². The highest BCUT2D eigenvalue weighted by atomic mass is 19.3. The van der Waals surface area contributed by atoms with Gasteiger partial charge in [-0.25, -0.2) is 0 Å². The molecule has 0 saturated heterocycles. The van der Waals surface area contributed by atoms with E-state index in [1.165, 1.54) is 30.3 Å². The van der Waals surface area contributed by atoms with Gasteiger partial charge in [0.25, 0.3) is 0 Å². The molecule has 0 spiro atoms. The summed E-state index contributed by atoms with van der Waals surface area (Å²) in [5, 5.41) is 17.6. The van der Waals surface area contributed by atoms with E-state index in [1.807, 2.05) is 0 Å². The topological polar surface area (TPSA) is 44.0 Å². The van der Waals surface area contributed by atoms with Gasteiger partial charge >= 0.3 is 5.92 Å². The Hall–Kier alpha value is -1.47. The summed E-state index contributed by atoms with van der Waals surface area (Å²) in [7, 11) is 0. The largest absolute Gasteiger partial charge is 0.370 e. The maximum absolute atomic E-state index is 13.5. The van der Waals surface area contributed by atoms with Gasteiger partial charge in [-0.2, -0.15) is 14.0 Å². The zero-order chi connectivity index (χ0) is 10.8. The Labute approximate surface area is 80.4 Å². The first-order valence-corrected chi connectivity index (χ1v) is 3.99. The molecule has 0 aliphatic rings. The first kappa shape index (κ1) is 10.6. The van der Waals surface area contributed by atoms with E-state index in [0.29, 0.717) is 0 Å². The van der Waals surface area contributed by atoms with Crippen molar-refractivity contribution in [3.63, 3.8) is 0 Å². The Morgan fingerprint density at radius 3 is 2.21 bits per heavy atom. The van der Waals surface area contributed by atoms with Crippen LogP contribution in [0.1, 0.15) is 12.5 Å². The fourth-order valence-corrected chi connectivity index (χ4v) is 0.999. The average molecular weight is 197 g/mol. The maximum atomic E-state index is 13.5. The molecule has 0 aliphatic carbocycles. The van der Waals surface area contributed by atoms with Crippen molar-refractivity contribution in [2.45, 2.75) is 18.4 Å². The number of nitriles is 1. The van der Waals surface area contributed by atoms with Crippen LogP contribution in [-0.2, 0) is 5.92 Å². The lowest BCUT2D eigenvalue weighted by Crippen LogP contribution is -2.41. The molecule has 1 unspecified atom stereocenters. The molecule has 1 rings (SSSR count). The summed E-state index contributed by atoms with van der Waals surface area (Å²) in [4.78, 5) is 0. The standard InChI is InChI=1S/C10H9F2NO/c1-9(14,7-13)10(11,12)8-5-3-2-4-6-8/h2-6,14H,1H3. The van der Waals surface area contributed by atoms with Gasteiger partial charge in [-0.15, -0.1) is 0 Å². The van der Waals surface area contributed by atoms with Crippen molar-refractivity contribution < 1.29 is 13.9 Å². The number of aliphatic hydroxyl groups is 1. The van der Waals surface area contributed by atoms with Crippen molar-refractivity contribution in [1.82, 2.24) is 0 Å². The van der Waals surface area contributed by atoms with E-state index in [1.54, 1.807) is 6.07 Å². The Bertz CT molecular complexity index is 354. The number of hydrogen-bond acceptors (Lipinski definition) is 2. The molecule has 74 valence electrons. The molecule has 4 heteroatoms. The number of benzene rings is 1. The van der Waals surface area contributed by atoms with Gasteiger partial charge in [-0.3, -0.25) is 0 Å². The van der Waals surface area contributed by atoms with Gasteiger partial charge in [0.2, 0.25) is 5.60 Å². The molecular formula is C10H9F2NO. The minimum Gasteiger partial charge on any atom is -0.370 e. The van der Waals surface area contributed by atoms with Crippen molar-refractivity contribution >= 4 is 0 Å². The fourth-order valence-electron chi connectivity index (χ4n) is 0.999. The summed E-state index contributed by atoms with van der Waals surface area (Å²) in [5.74, 6) is -3.57. The van der Waals surface area contributed by atoms with Crippen molar-refractivity contribution in [2.75, 3.05) is 0 Å².